The van der Waals surface area contributed by atoms with Gasteiger partial charge in [-0.1, -0.05) is 6.42 Å². The zero-order valence-corrected chi connectivity index (χ0v) is 8.19. The van der Waals surface area contributed by atoms with Gasteiger partial charge < -0.3 is 10.5 Å². The van der Waals surface area contributed by atoms with Crippen LogP contribution in [0.3, 0.4) is 0 Å². The highest BCUT2D eigenvalue weighted by Crippen LogP contribution is 2.33. The van der Waals surface area contributed by atoms with E-state index in [9.17, 15) is 0 Å². The molecule has 2 unspecified atom stereocenters. The van der Waals surface area contributed by atoms with Gasteiger partial charge >= 0.3 is 0 Å². The van der Waals surface area contributed by atoms with Crippen LogP contribution in [0, 0.1) is 0 Å². The van der Waals surface area contributed by atoms with E-state index in [-0.39, 0.29) is 0 Å². The van der Waals surface area contributed by atoms with E-state index in [0.29, 0.717) is 6.04 Å². The van der Waals surface area contributed by atoms with Crippen molar-refractivity contribution in [1.82, 2.24) is 0 Å². The van der Waals surface area contributed by atoms with Gasteiger partial charge in [0.25, 0.3) is 0 Å². The number of ether oxygens (including phenoxy) is 1. The molecule has 0 radical (unpaired) electrons. The lowest BCUT2D eigenvalue weighted by molar-refractivity contribution is 0.0451. The average Bonchev–Trinajstić information content (AvgIpc) is 1.97. The van der Waals surface area contributed by atoms with E-state index in [4.69, 9.17) is 10.5 Å². The summed E-state index contributed by atoms with van der Waals surface area (Å²) in [5.74, 6) is 0. The molecule has 3 heteroatoms. The number of hydrogen-bond donors (Lipinski definition) is 1. The molecule has 1 heterocycles. The van der Waals surface area contributed by atoms with Gasteiger partial charge in [0.2, 0.25) is 0 Å². The van der Waals surface area contributed by atoms with E-state index in [1.165, 1.54) is 25.7 Å². The van der Waals surface area contributed by atoms with Crippen molar-refractivity contribution in [2.75, 3.05) is 13.2 Å². The van der Waals surface area contributed by atoms with Crippen LogP contribution >= 0.6 is 11.8 Å². The molecule has 1 saturated heterocycles. The minimum atomic E-state index is 0.470. The molecule has 2 atom stereocenters. The van der Waals surface area contributed by atoms with Crippen molar-refractivity contribution in [3.8, 4) is 0 Å². The van der Waals surface area contributed by atoms with Crippen LogP contribution < -0.4 is 5.73 Å². The molecule has 0 aromatic rings. The fraction of sp³-hybridized carbons (Fsp3) is 1.00. The van der Waals surface area contributed by atoms with Gasteiger partial charge in [-0.25, -0.2) is 0 Å². The average molecular weight is 187 g/mol. The van der Waals surface area contributed by atoms with Crippen molar-refractivity contribution in [3.05, 3.63) is 0 Å². The molecule has 0 spiro atoms. The molecule has 0 aromatic heterocycles. The fourth-order valence-electron chi connectivity index (χ4n) is 1.87. The van der Waals surface area contributed by atoms with Crippen molar-refractivity contribution in [2.24, 2.45) is 5.73 Å². The SMILES string of the molecule is NC1CCCC(SC2COC2)C1. The van der Waals surface area contributed by atoms with E-state index < -0.39 is 0 Å². The van der Waals surface area contributed by atoms with Gasteiger partial charge in [-0.15, -0.1) is 0 Å². The molecule has 2 N–H and O–H groups in total. The van der Waals surface area contributed by atoms with Gasteiger partial charge in [0.15, 0.2) is 0 Å². The summed E-state index contributed by atoms with van der Waals surface area (Å²) in [7, 11) is 0. The third-order valence-corrected chi connectivity index (χ3v) is 4.13. The highest BCUT2D eigenvalue weighted by atomic mass is 32.2. The van der Waals surface area contributed by atoms with Crippen LogP contribution in [0.25, 0.3) is 0 Å². The maximum Gasteiger partial charge on any atom is 0.0608 e. The van der Waals surface area contributed by atoms with Crippen LogP contribution in [0.4, 0.5) is 0 Å². The zero-order chi connectivity index (χ0) is 8.39. The van der Waals surface area contributed by atoms with Crippen LogP contribution in [0.15, 0.2) is 0 Å². The summed E-state index contributed by atoms with van der Waals surface area (Å²) in [5.41, 5.74) is 5.92. The Morgan fingerprint density at radius 1 is 1.17 bits per heavy atom. The van der Waals surface area contributed by atoms with Crippen molar-refractivity contribution >= 4 is 11.8 Å². The molecule has 1 aliphatic carbocycles. The van der Waals surface area contributed by atoms with Gasteiger partial charge in [0.1, 0.15) is 0 Å². The second kappa shape index (κ2) is 3.99. The zero-order valence-electron chi connectivity index (χ0n) is 7.37. The standard InChI is InChI=1S/C9H17NOS/c10-7-2-1-3-8(4-7)12-9-5-11-6-9/h7-9H,1-6,10H2. The van der Waals surface area contributed by atoms with Gasteiger partial charge in [-0.05, 0) is 19.3 Å². The first-order chi connectivity index (χ1) is 5.84. The third kappa shape index (κ3) is 2.15. The van der Waals surface area contributed by atoms with Gasteiger partial charge in [-0.3, -0.25) is 0 Å². The Balaban J connectivity index is 1.71. The highest BCUT2D eigenvalue weighted by molar-refractivity contribution is 8.00. The lowest BCUT2D eigenvalue weighted by Crippen LogP contribution is -2.35. The Morgan fingerprint density at radius 3 is 2.58 bits per heavy atom. The van der Waals surface area contributed by atoms with Gasteiger partial charge in [-0.2, -0.15) is 11.8 Å². The van der Waals surface area contributed by atoms with Crippen molar-refractivity contribution < 1.29 is 4.74 Å². The molecule has 2 aliphatic rings. The molecule has 2 fully saturated rings. The van der Waals surface area contributed by atoms with E-state index >= 15 is 0 Å². The molecule has 0 aromatic carbocycles. The monoisotopic (exact) mass is 187 g/mol. The Labute approximate surface area is 78.2 Å². The minimum Gasteiger partial charge on any atom is -0.379 e. The third-order valence-electron chi connectivity index (χ3n) is 2.66. The second-order valence-corrected chi connectivity index (χ2v) is 5.45. The molecular weight excluding hydrogens is 170 g/mol. The van der Waals surface area contributed by atoms with Crippen LogP contribution in [0.2, 0.25) is 0 Å². The maximum atomic E-state index is 5.92. The highest BCUT2D eigenvalue weighted by Gasteiger charge is 2.26. The summed E-state index contributed by atoms with van der Waals surface area (Å²) >= 11 is 2.11. The second-order valence-electron chi connectivity index (χ2n) is 3.84. The van der Waals surface area contributed by atoms with Crippen LogP contribution in [0.5, 0.6) is 0 Å². The topological polar surface area (TPSA) is 35.2 Å². The first-order valence-electron chi connectivity index (χ1n) is 4.83. The largest absolute Gasteiger partial charge is 0.379 e. The molecule has 2 nitrogen and oxygen atoms in total. The predicted molar refractivity (Wildman–Crippen MR) is 52.4 cm³/mol. The van der Waals surface area contributed by atoms with E-state index in [1.54, 1.807) is 0 Å². The van der Waals surface area contributed by atoms with E-state index in [2.05, 4.69) is 11.8 Å². The molecular formula is C9H17NOS. The summed E-state index contributed by atoms with van der Waals surface area (Å²) < 4.78 is 5.15. The number of hydrogen-bond acceptors (Lipinski definition) is 3. The quantitative estimate of drug-likeness (QED) is 0.709. The first-order valence-corrected chi connectivity index (χ1v) is 5.77. The Morgan fingerprint density at radius 2 is 2.00 bits per heavy atom. The Hall–Kier alpha value is 0.270. The van der Waals surface area contributed by atoms with Crippen molar-refractivity contribution in [2.45, 2.75) is 42.2 Å². The summed E-state index contributed by atoms with van der Waals surface area (Å²) in [6, 6.07) is 0.470. The predicted octanol–water partition coefficient (Wildman–Crippen LogP) is 1.39. The molecule has 12 heavy (non-hydrogen) atoms. The fourth-order valence-corrected chi connectivity index (χ4v) is 3.42. The van der Waals surface area contributed by atoms with Crippen LogP contribution in [-0.4, -0.2) is 29.8 Å². The summed E-state index contributed by atoms with van der Waals surface area (Å²) in [6.45, 7) is 1.94. The maximum absolute atomic E-state index is 5.92. The number of rotatable bonds is 2. The molecule has 0 bridgehead atoms. The normalized spacial score (nSPS) is 37.8. The lowest BCUT2D eigenvalue weighted by atomic mass is 9.96. The number of nitrogens with two attached hydrogens (primary N) is 1. The van der Waals surface area contributed by atoms with E-state index in [1.807, 2.05) is 0 Å². The number of thioether (sulfide) groups is 1. The minimum absolute atomic E-state index is 0.470. The van der Waals surface area contributed by atoms with E-state index in [0.717, 1.165) is 23.7 Å². The molecule has 1 saturated carbocycles. The summed E-state index contributed by atoms with van der Waals surface area (Å²) in [6.07, 6.45) is 5.15. The Bertz CT molecular complexity index is 149. The summed E-state index contributed by atoms with van der Waals surface area (Å²) in [5, 5.41) is 1.60. The Kier molecular flexibility index (Phi) is 2.94. The molecule has 0 amide bonds. The smallest absolute Gasteiger partial charge is 0.0608 e. The van der Waals surface area contributed by atoms with Crippen molar-refractivity contribution in [1.29, 1.82) is 0 Å². The first kappa shape index (κ1) is 8.85. The van der Waals surface area contributed by atoms with Crippen LogP contribution in [-0.2, 0) is 4.74 Å². The van der Waals surface area contributed by atoms with Crippen molar-refractivity contribution in [3.63, 3.8) is 0 Å². The van der Waals surface area contributed by atoms with Gasteiger partial charge in [0, 0.05) is 11.3 Å². The molecule has 70 valence electrons. The molecule has 2 rings (SSSR count). The molecule has 1 aliphatic heterocycles. The van der Waals surface area contributed by atoms with Gasteiger partial charge in [0.05, 0.1) is 18.5 Å². The van der Waals surface area contributed by atoms with Crippen LogP contribution in [0.1, 0.15) is 25.7 Å². The lowest BCUT2D eigenvalue weighted by Gasteiger charge is -2.33. The summed E-state index contributed by atoms with van der Waals surface area (Å²) in [4.78, 5) is 0.